The second kappa shape index (κ2) is 7.33. The lowest BCUT2D eigenvalue weighted by Gasteiger charge is -2.32. The van der Waals surface area contributed by atoms with Crippen molar-refractivity contribution >= 4 is 33.2 Å². The first-order chi connectivity index (χ1) is 12.3. The predicted molar refractivity (Wildman–Crippen MR) is 103 cm³/mol. The van der Waals surface area contributed by atoms with E-state index in [0.717, 1.165) is 48.2 Å². The van der Waals surface area contributed by atoms with Gasteiger partial charge in [-0.3, -0.25) is 9.69 Å². The minimum atomic E-state index is 0.0498. The lowest BCUT2D eigenvalue weighted by atomic mass is 9.96. The molecule has 1 aliphatic rings. The summed E-state index contributed by atoms with van der Waals surface area (Å²) in [4.78, 5) is 15.1. The molecule has 0 radical (unpaired) electrons. The van der Waals surface area contributed by atoms with Gasteiger partial charge in [0.2, 0.25) is 5.91 Å². The Morgan fingerprint density at radius 1 is 1.24 bits per heavy atom. The molecule has 1 unspecified atom stereocenters. The number of likely N-dealkylation sites (tertiary alicyclic amines) is 1. The molecule has 4 nitrogen and oxygen atoms in total. The van der Waals surface area contributed by atoms with Crippen LogP contribution in [0, 0.1) is 5.92 Å². The Kier molecular flexibility index (Phi) is 4.76. The fourth-order valence-corrected chi connectivity index (χ4v) is 4.08. The summed E-state index contributed by atoms with van der Waals surface area (Å²) in [5.41, 5.74) is 2.16. The average Bonchev–Trinajstić information content (AvgIpc) is 3.10. The highest BCUT2D eigenvalue weighted by atomic mass is 32.1. The SMILES string of the molecule is O=C(Nc1ccc2sncc2c1)C1CCCN(Cc2ccccc2)C1. The highest BCUT2D eigenvalue weighted by Gasteiger charge is 2.25. The van der Waals surface area contributed by atoms with E-state index in [4.69, 9.17) is 0 Å². The van der Waals surface area contributed by atoms with Crippen molar-refractivity contribution in [3.05, 3.63) is 60.3 Å². The number of fused-ring (bicyclic) bond motifs is 1. The number of anilines is 1. The number of aromatic nitrogens is 1. The van der Waals surface area contributed by atoms with E-state index in [0.29, 0.717) is 0 Å². The minimum Gasteiger partial charge on any atom is -0.326 e. The zero-order valence-electron chi connectivity index (χ0n) is 14.0. The normalized spacial score (nSPS) is 18.3. The summed E-state index contributed by atoms with van der Waals surface area (Å²) in [6.07, 6.45) is 3.87. The van der Waals surface area contributed by atoms with Gasteiger partial charge in [-0.05, 0) is 54.7 Å². The van der Waals surface area contributed by atoms with Crippen LogP contribution in [0.2, 0.25) is 0 Å². The minimum absolute atomic E-state index is 0.0498. The van der Waals surface area contributed by atoms with Gasteiger partial charge in [0.15, 0.2) is 0 Å². The van der Waals surface area contributed by atoms with Crippen molar-refractivity contribution in [1.29, 1.82) is 0 Å². The second-order valence-electron chi connectivity index (χ2n) is 6.63. The van der Waals surface area contributed by atoms with Crippen LogP contribution >= 0.6 is 11.5 Å². The third-order valence-electron chi connectivity index (χ3n) is 4.75. The standard InChI is InChI=1S/C20H21N3OS/c24-20(22-18-8-9-19-17(11-18)12-21-25-19)16-7-4-10-23(14-16)13-15-5-2-1-3-6-15/h1-3,5-6,8-9,11-12,16H,4,7,10,13-14H2,(H,22,24). The summed E-state index contributed by atoms with van der Waals surface area (Å²) in [5.74, 6) is 0.175. The molecule has 0 bridgehead atoms. The van der Waals surface area contributed by atoms with Crippen LogP contribution in [0.1, 0.15) is 18.4 Å². The smallest absolute Gasteiger partial charge is 0.228 e. The third-order valence-corrected chi connectivity index (χ3v) is 5.52. The van der Waals surface area contributed by atoms with Crippen LogP contribution in [0.15, 0.2) is 54.7 Å². The van der Waals surface area contributed by atoms with Gasteiger partial charge in [0.25, 0.3) is 0 Å². The predicted octanol–water partition coefficient (Wildman–Crippen LogP) is 4.15. The molecular weight excluding hydrogens is 330 g/mol. The fraction of sp³-hybridized carbons (Fsp3) is 0.300. The summed E-state index contributed by atoms with van der Waals surface area (Å²) < 4.78 is 5.33. The van der Waals surface area contributed by atoms with Crippen LogP contribution < -0.4 is 5.32 Å². The van der Waals surface area contributed by atoms with Gasteiger partial charge in [-0.1, -0.05) is 30.3 Å². The van der Waals surface area contributed by atoms with E-state index < -0.39 is 0 Å². The van der Waals surface area contributed by atoms with Crippen molar-refractivity contribution in [1.82, 2.24) is 9.27 Å². The number of nitrogens with zero attached hydrogens (tertiary/aromatic N) is 2. The quantitative estimate of drug-likeness (QED) is 0.768. The lowest BCUT2D eigenvalue weighted by molar-refractivity contribution is -0.121. The van der Waals surface area contributed by atoms with Crippen molar-refractivity contribution in [2.45, 2.75) is 19.4 Å². The fourth-order valence-electron chi connectivity index (χ4n) is 3.45. The molecule has 1 amide bonds. The zero-order valence-corrected chi connectivity index (χ0v) is 14.8. The molecule has 2 aromatic carbocycles. The third kappa shape index (κ3) is 3.89. The molecule has 1 atom stereocenters. The number of carbonyl (C=O) groups excluding carboxylic acids is 1. The van der Waals surface area contributed by atoms with E-state index in [-0.39, 0.29) is 11.8 Å². The van der Waals surface area contributed by atoms with Crippen molar-refractivity contribution in [3.63, 3.8) is 0 Å². The molecule has 1 fully saturated rings. The molecule has 0 aliphatic carbocycles. The van der Waals surface area contributed by atoms with Crippen LogP contribution in [0.4, 0.5) is 5.69 Å². The number of carbonyl (C=O) groups is 1. The number of piperidine rings is 1. The van der Waals surface area contributed by atoms with Crippen LogP contribution in [-0.4, -0.2) is 28.3 Å². The lowest BCUT2D eigenvalue weighted by Crippen LogP contribution is -2.40. The topological polar surface area (TPSA) is 45.2 Å². The highest BCUT2D eigenvalue weighted by Crippen LogP contribution is 2.24. The van der Waals surface area contributed by atoms with Crippen LogP contribution in [0.5, 0.6) is 0 Å². The molecule has 1 aliphatic heterocycles. The van der Waals surface area contributed by atoms with Gasteiger partial charge in [0.1, 0.15) is 0 Å². The monoisotopic (exact) mass is 351 g/mol. The largest absolute Gasteiger partial charge is 0.326 e. The average molecular weight is 351 g/mol. The first-order valence-corrected chi connectivity index (χ1v) is 9.47. The number of benzene rings is 2. The van der Waals surface area contributed by atoms with E-state index in [1.165, 1.54) is 17.1 Å². The van der Waals surface area contributed by atoms with E-state index >= 15 is 0 Å². The van der Waals surface area contributed by atoms with Gasteiger partial charge in [-0.25, -0.2) is 0 Å². The Morgan fingerprint density at radius 2 is 2.12 bits per heavy atom. The number of rotatable bonds is 4. The number of amides is 1. The maximum atomic E-state index is 12.7. The number of nitrogens with one attached hydrogen (secondary N) is 1. The Morgan fingerprint density at radius 3 is 3.00 bits per heavy atom. The molecule has 5 heteroatoms. The summed E-state index contributed by atoms with van der Waals surface area (Å²) in [6.45, 7) is 2.80. The van der Waals surface area contributed by atoms with Crippen LogP contribution in [0.25, 0.3) is 10.1 Å². The van der Waals surface area contributed by atoms with Gasteiger partial charge in [-0.15, -0.1) is 0 Å². The first kappa shape index (κ1) is 16.2. The van der Waals surface area contributed by atoms with Gasteiger partial charge >= 0.3 is 0 Å². The van der Waals surface area contributed by atoms with Crippen molar-refractivity contribution in [2.24, 2.45) is 5.92 Å². The van der Waals surface area contributed by atoms with Crippen molar-refractivity contribution in [2.75, 3.05) is 18.4 Å². The summed E-state index contributed by atoms with van der Waals surface area (Å²) in [7, 11) is 0. The van der Waals surface area contributed by atoms with Gasteiger partial charge in [0.05, 0.1) is 10.6 Å². The van der Waals surface area contributed by atoms with Crippen molar-refractivity contribution in [3.8, 4) is 0 Å². The molecule has 0 spiro atoms. The second-order valence-corrected chi connectivity index (χ2v) is 7.46. The zero-order chi connectivity index (χ0) is 17.1. The Hall–Kier alpha value is -2.24. The van der Waals surface area contributed by atoms with Gasteiger partial charge < -0.3 is 5.32 Å². The molecule has 0 saturated carbocycles. The number of hydrogen-bond donors (Lipinski definition) is 1. The van der Waals surface area contributed by atoms with Crippen LogP contribution in [0.3, 0.4) is 0 Å². The highest BCUT2D eigenvalue weighted by molar-refractivity contribution is 7.13. The van der Waals surface area contributed by atoms with E-state index in [1.54, 1.807) is 0 Å². The Labute approximate surface area is 151 Å². The molecule has 1 saturated heterocycles. The van der Waals surface area contributed by atoms with E-state index in [2.05, 4.69) is 38.9 Å². The van der Waals surface area contributed by atoms with E-state index in [1.807, 2.05) is 30.5 Å². The summed E-state index contributed by atoms with van der Waals surface area (Å²) in [5, 5.41) is 4.17. The Balaban J connectivity index is 1.39. The molecule has 3 aromatic rings. The molecule has 25 heavy (non-hydrogen) atoms. The Bertz CT molecular complexity index is 862. The maximum absolute atomic E-state index is 12.7. The summed E-state index contributed by atoms with van der Waals surface area (Å²) in [6, 6.07) is 16.4. The van der Waals surface area contributed by atoms with Gasteiger partial charge in [0, 0.05) is 30.4 Å². The molecule has 4 rings (SSSR count). The molecule has 128 valence electrons. The molecular formula is C20H21N3OS. The first-order valence-electron chi connectivity index (χ1n) is 8.69. The summed E-state index contributed by atoms with van der Waals surface area (Å²) >= 11 is 1.47. The molecule has 1 aromatic heterocycles. The van der Waals surface area contributed by atoms with E-state index in [9.17, 15) is 4.79 Å². The number of hydrogen-bond acceptors (Lipinski definition) is 4. The maximum Gasteiger partial charge on any atom is 0.228 e. The molecule has 1 N–H and O–H groups in total. The van der Waals surface area contributed by atoms with Crippen LogP contribution in [-0.2, 0) is 11.3 Å². The van der Waals surface area contributed by atoms with Crippen molar-refractivity contribution < 1.29 is 4.79 Å². The van der Waals surface area contributed by atoms with Gasteiger partial charge in [-0.2, -0.15) is 4.37 Å². The molecule has 2 heterocycles.